The highest BCUT2D eigenvalue weighted by molar-refractivity contribution is 7.99. The number of aliphatic hydroxyl groups is 1. The van der Waals surface area contributed by atoms with Crippen LogP contribution in [0.2, 0.25) is 0 Å². The van der Waals surface area contributed by atoms with Crippen LogP contribution in [0.3, 0.4) is 0 Å². The molecule has 1 aliphatic rings. The Kier molecular flexibility index (Phi) is 10.7. The molecule has 1 aliphatic heterocycles. The third-order valence-electron chi connectivity index (χ3n) is 3.25. The van der Waals surface area contributed by atoms with Crippen LogP contribution in [0.4, 0.5) is 0 Å². The van der Waals surface area contributed by atoms with Crippen LogP contribution in [0.5, 0.6) is 0 Å². The summed E-state index contributed by atoms with van der Waals surface area (Å²) in [5, 5.41) is 10.1. The number of hydrogen-bond acceptors (Lipinski definition) is 4. The van der Waals surface area contributed by atoms with Gasteiger partial charge in [-0.05, 0) is 19.2 Å². The topological polar surface area (TPSA) is 26.7 Å². The van der Waals surface area contributed by atoms with Crippen molar-refractivity contribution < 1.29 is 5.11 Å². The summed E-state index contributed by atoms with van der Waals surface area (Å²) in [4.78, 5) is 5.92. The Bertz CT molecular complexity index is 348. The van der Waals surface area contributed by atoms with Gasteiger partial charge in [0.05, 0.1) is 6.10 Å². The minimum atomic E-state index is -0.237. The lowest BCUT2D eigenvalue weighted by molar-refractivity contribution is 0.0921. The molecular weight excluding hydrogens is 315 g/mol. The lowest BCUT2D eigenvalue weighted by atomic mass is 10.3. The molecule has 1 fully saturated rings. The van der Waals surface area contributed by atoms with Crippen LogP contribution in [-0.2, 0) is 0 Å². The maximum absolute atomic E-state index is 10.1. The maximum Gasteiger partial charge on any atom is 0.0760 e. The minimum absolute atomic E-state index is 0. The third kappa shape index (κ3) is 7.16. The Morgan fingerprint density at radius 1 is 1.10 bits per heavy atom. The first-order valence-electron chi connectivity index (χ1n) is 6.51. The lowest BCUT2D eigenvalue weighted by Crippen LogP contribution is -2.47. The van der Waals surface area contributed by atoms with Crippen LogP contribution in [0.1, 0.15) is 0 Å². The molecule has 0 spiro atoms. The van der Waals surface area contributed by atoms with Crippen LogP contribution in [0.15, 0.2) is 35.2 Å². The maximum atomic E-state index is 10.1. The number of piperazine rings is 1. The highest BCUT2D eigenvalue weighted by Gasteiger charge is 2.16. The van der Waals surface area contributed by atoms with Gasteiger partial charge in [-0.1, -0.05) is 18.2 Å². The van der Waals surface area contributed by atoms with Crippen molar-refractivity contribution in [3.63, 3.8) is 0 Å². The van der Waals surface area contributed by atoms with Gasteiger partial charge in [0.2, 0.25) is 0 Å². The number of β-amino-alcohol motifs (C(OH)–C–C–N with tert-alkyl or cyclic N) is 1. The predicted octanol–water partition coefficient (Wildman–Crippen LogP) is 2.23. The molecule has 1 saturated heterocycles. The predicted molar refractivity (Wildman–Crippen MR) is 91.6 cm³/mol. The van der Waals surface area contributed by atoms with E-state index in [2.05, 4.69) is 29.0 Å². The number of aliphatic hydroxyl groups excluding tert-OH is 1. The summed E-state index contributed by atoms with van der Waals surface area (Å²) in [5.74, 6) is 0.774. The fourth-order valence-electron chi connectivity index (χ4n) is 2.09. The number of nitrogens with zero attached hydrogens (tertiary/aromatic N) is 2. The number of thioether (sulfide) groups is 1. The van der Waals surface area contributed by atoms with Crippen LogP contribution in [-0.4, -0.2) is 66.5 Å². The molecule has 1 heterocycles. The standard InChI is InChI=1S/C14H22N2OS.2ClH/c1-15-7-9-16(10-8-15)11-13(17)12-18-14-5-3-2-4-6-14;;/h2-6,13,17H,7-12H2,1H3;2*1H. The van der Waals surface area contributed by atoms with E-state index in [0.717, 1.165) is 38.5 Å². The Morgan fingerprint density at radius 2 is 1.70 bits per heavy atom. The van der Waals surface area contributed by atoms with E-state index in [9.17, 15) is 5.11 Å². The third-order valence-corrected chi connectivity index (χ3v) is 4.41. The van der Waals surface area contributed by atoms with Crippen molar-refractivity contribution in [2.24, 2.45) is 0 Å². The van der Waals surface area contributed by atoms with Crippen molar-refractivity contribution in [3.8, 4) is 0 Å². The zero-order chi connectivity index (χ0) is 12.8. The van der Waals surface area contributed by atoms with Crippen LogP contribution in [0, 0.1) is 0 Å². The first kappa shape index (κ1) is 20.0. The minimum Gasteiger partial charge on any atom is -0.391 e. The number of benzene rings is 1. The van der Waals surface area contributed by atoms with E-state index in [1.54, 1.807) is 11.8 Å². The van der Waals surface area contributed by atoms with Gasteiger partial charge in [-0.2, -0.15) is 0 Å². The molecule has 1 atom stereocenters. The molecule has 0 bridgehead atoms. The van der Waals surface area contributed by atoms with Gasteiger partial charge in [0.15, 0.2) is 0 Å². The van der Waals surface area contributed by atoms with E-state index in [4.69, 9.17) is 0 Å². The highest BCUT2D eigenvalue weighted by atomic mass is 35.5. The lowest BCUT2D eigenvalue weighted by Gasteiger charge is -2.33. The van der Waals surface area contributed by atoms with E-state index in [0.29, 0.717) is 0 Å². The molecule has 1 N–H and O–H groups in total. The van der Waals surface area contributed by atoms with Crippen LogP contribution in [0.25, 0.3) is 0 Å². The van der Waals surface area contributed by atoms with Crippen molar-refractivity contribution >= 4 is 36.6 Å². The van der Waals surface area contributed by atoms with Crippen molar-refractivity contribution in [1.82, 2.24) is 9.80 Å². The summed E-state index contributed by atoms with van der Waals surface area (Å²) in [5.41, 5.74) is 0. The van der Waals surface area contributed by atoms with Crippen LogP contribution < -0.4 is 0 Å². The van der Waals surface area contributed by atoms with Gasteiger partial charge in [-0.25, -0.2) is 0 Å². The molecule has 2 rings (SSSR count). The number of rotatable bonds is 5. The van der Waals surface area contributed by atoms with Crippen molar-refractivity contribution in [3.05, 3.63) is 30.3 Å². The second-order valence-corrected chi connectivity index (χ2v) is 5.98. The number of halogens is 2. The van der Waals surface area contributed by atoms with E-state index in [-0.39, 0.29) is 30.9 Å². The molecule has 116 valence electrons. The molecule has 3 nitrogen and oxygen atoms in total. The van der Waals surface area contributed by atoms with Crippen molar-refractivity contribution in [2.75, 3.05) is 45.5 Å². The molecular formula is C14H24Cl2N2OS. The Hall–Kier alpha value is 0.0300. The Morgan fingerprint density at radius 3 is 2.30 bits per heavy atom. The van der Waals surface area contributed by atoms with E-state index < -0.39 is 0 Å². The zero-order valence-corrected chi connectivity index (χ0v) is 14.2. The SMILES string of the molecule is CN1CCN(CC(O)CSc2ccccc2)CC1.Cl.Cl. The van der Waals surface area contributed by atoms with E-state index >= 15 is 0 Å². The highest BCUT2D eigenvalue weighted by Crippen LogP contribution is 2.18. The molecule has 0 aromatic heterocycles. The van der Waals surface area contributed by atoms with Crippen molar-refractivity contribution in [2.45, 2.75) is 11.0 Å². The van der Waals surface area contributed by atoms with Crippen molar-refractivity contribution in [1.29, 1.82) is 0 Å². The van der Waals surface area contributed by atoms with Gasteiger partial charge in [-0.15, -0.1) is 36.6 Å². The molecule has 1 aromatic carbocycles. The second kappa shape index (κ2) is 10.7. The molecule has 1 unspecified atom stereocenters. The smallest absolute Gasteiger partial charge is 0.0760 e. The van der Waals surface area contributed by atoms with E-state index in [1.807, 2.05) is 18.2 Å². The second-order valence-electron chi connectivity index (χ2n) is 4.88. The van der Waals surface area contributed by atoms with Gasteiger partial charge in [0, 0.05) is 43.4 Å². The van der Waals surface area contributed by atoms with Crippen LogP contribution >= 0.6 is 36.6 Å². The van der Waals surface area contributed by atoms with Gasteiger partial charge in [-0.3, -0.25) is 4.90 Å². The Balaban J connectivity index is 0.00000180. The first-order chi connectivity index (χ1) is 8.74. The number of likely N-dealkylation sites (N-methyl/N-ethyl adjacent to an activating group) is 1. The summed E-state index contributed by atoms with van der Waals surface area (Å²) in [6, 6.07) is 10.3. The summed E-state index contributed by atoms with van der Waals surface area (Å²) in [6.45, 7) is 5.16. The average Bonchev–Trinajstić information content (AvgIpc) is 2.40. The zero-order valence-electron chi connectivity index (χ0n) is 11.8. The normalized spacial score (nSPS) is 17.9. The summed E-state index contributed by atoms with van der Waals surface area (Å²) >= 11 is 1.73. The van der Waals surface area contributed by atoms with Gasteiger partial charge in [0.1, 0.15) is 0 Å². The van der Waals surface area contributed by atoms with E-state index in [1.165, 1.54) is 4.90 Å². The number of hydrogen-bond donors (Lipinski definition) is 1. The fraction of sp³-hybridized carbons (Fsp3) is 0.571. The summed E-state index contributed by atoms with van der Waals surface area (Å²) in [6.07, 6.45) is -0.237. The summed E-state index contributed by atoms with van der Waals surface area (Å²) < 4.78 is 0. The molecule has 0 saturated carbocycles. The fourth-order valence-corrected chi connectivity index (χ4v) is 2.93. The first-order valence-corrected chi connectivity index (χ1v) is 7.49. The molecule has 6 heteroatoms. The summed E-state index contributed by atoms with van der Waals surface area (Å²) in [7, 11) is 2.15. The average molecular weight is 339 g/mol. The molecule has 20 heavy (non-hydrogen) atoms. The quantitative estimate of drug-likeness (QED) is 0.833. The monoisotopic (exact) mass is 338 g/mol. The van der Waals surface area contributed by atoms with Gasteiger partial charge in [0.25, 0.3) is 0 Å². The van der Waals surface area contributed by atoms with Gasteiger partial charge < -0.3 is 10.0 Å². The Labute approximate surface area is 138 Å². The molecule has 1 aromatic rings. The molecule has 0 aliphatic carbocycles. The molecule has 0 radical (unpaired) electrons. The van der Waals surface area contributed by atoms with Gasteiger partial charge >= 0.3 is 0 Å². The largest absolute Gasteiger partial charge is 0.391 e. The molecule has 0 amide bonds.